The lowest BCUT2D eigenvalue weighted by Crippen LogP contribution is -2.31. The van der Waals surface area contributed by atoms with Gasteiger partial charge >= 0.3 is 0 Å². The Morgan fingerprint density at radius 2 is 1.88 bits per heavy atom. The van der Waals surface area contributed by atoms with E-state index in [2.05, 4.69) is 10.3 Å². The average molecular weight is 372 g/mol. The van der Waals surface area contributed by atoms with Gasteiger partial charge in [-0.3, -0.25) is 9.59 Å². The molecule has 1 fully saturated rings. The Bertz CT molecular complexity index is 817. The summed E-state index contributed by atoms with van der Waals surface area (Å²) >= 11 is 5.74. The maximum absolute atomic E-state index is 13.2. The van der Waals surface area contributed by atoms with Crippen molar-refractivity contribution in [3.05, 3.63) is 52.6 Å². The van der Waals surface area contributed by atoms with E-state index < -0.39 is 29.3 Å². The SMILES string of the molecule is O=C(Nc1cc(F)c(F)c(F)c1)[C@H]1CCN(C(=O)c2ccc(Cl)[nH]2)C1. The van der Waals surface area contributed by atoms with Crippen LogP contribution in [0.15, 0.2) is 24.3 Å². The van der Waals surface area contributed by atoms with Crippen molar-refractivity contribution in [1.29, 1.82) is 0 Å². The first-order chi connectivity index (χ1) is 11.8. The van der Waals surface area contributed by atoms with E-state index in [0.29, 0.717) is 35.9 Å². The average Bonchev–Trinajstić information content (AvgIpc) is 3.21. The molecular weight excluding hydrogens is 359 g/mol. The summed E-state index contributed by atoms with van der Waals surface area (Å²) in [7, 11) is 0. The minimum Gasteiger partial charge on any atom is -0.342 e. The fourth-order valence-corrected chi connectivity index (χ4v) is 2.86. The lowest BCUT2D eigenvalue weighted by molar-refractivity contribution is -0.119. The van der Waals surface area contributed by atoms with Crippen molar-refractivity contribution in [2.45, 2.75) is 6.42 Å². The summed E-state index contributed by atoms with van der Waals surface area (Å²) in [5, 5.41) is 2.67. The van der Waals surface area contributed by atoms with Gasteiger partial charge in [-0.2, -0.15) is 0 Å². The minimum absolute atomic E-state index is 0.160. The molecule has 2 heterocycles. The molecule has 132 valence electrons. The second kappa shape index (κ2) is 6.79. The number of hydrogen-bond donors (Lipinski definition) is 2. The van der Waals surface area contributed by atoms with Gasteiger partial charge in [-0.15, -0.1) is 0 Å². The molecule has 0 bridgehead atoms. The summed E-state index contributed by atoms with van der Waals surface area (Å²) in [5.41, 5.74) is 0.135. The summed E-state index contributed by atoms with van der Waals surface area (Å²) in [4.78, 5) is 28.7. The maximum Gasteiger partial charge on any atom is 0.270 e. The number of nitrogens with one attached hydrogen (secondary N) is 2. The van der Waals surface area contributed by atoms with Crippen LogP contribution in [0, 0.1) is 23.4 Å². The first kappa shape index (κ1) is 17.3. The van der Waals surface area contributed by atoms with Gasteiger partial charge in [0.15, 0.2) is 17.5 Å². The zero-order chi connectivity index (χ0) is 18.1. The van der Waals surface area contributed by atoms with Crippen LogP contribution in [0.4, 0.5) is 18.9 Å². The normalized spacial score (nSPS) is 17.0. The van der Waals surface area contributed by atoms with Crippen molar-refractivity contribution in [2.24, 2.45) is 5.92 Å². The van der Waals surface area contributed by atoms with E-state index in [0.717, 1.165) is 0 Å². The molecule has 2 N–H and O–H groups in total. The van der Waals surface area contributed by atoms with Gasteiger partial charge in [-0.25, -0.2) is 13.2 Å². The van der Waals surface area contributed by atoms with Crippen molar-refractivity contribution >= 4 is 29.1 Å². The second-order valence-electron chi connectivity index (χ2n) is 5.70. The van der Waals surface area contributed by atoms with E-state index in [1.807, 2.05) is 0 Å². The third-order valence-electron chi connectivity index (χ3n) is 3.98. The standard InChI is InChI=1S/C16H13ClF3N3O2/c17-13-2-1-12(22-13)16(25)23-4-3-8(7-23)15(24)21-9-5-10(18)14(20)11(19)6-9/h1-2,5-6,8,22H,3-4,7H2,(H,21,24)/t8-/m0/s1. The van der Waals surface area contributed by atoms with E-state index in [1.165, 1.54) is 4.90 Å². The van der Waals surface area contributed by atoms with Crippen molar-refractivity contribution in [2.75, 3.05) is 18.4 Å². The number of amides is 2. The molecule has 1 aromatic heterocycles. The molecule has 1 saturated heterocycles. The molecule has 3 rings (SSSR count). The maximum atomic E-state index is 13.2. The van der Waals surface area contributed by atoms with Gasteiger partial charge in [-0.1, -0.05) is 11.6 Å². The Labute approximate surface area is 145 Å². The summed E-state index contributed by atoms with van der Waals surface area (Å²) in [6.07, 6.45) is 0.401. The molecule has 2 aromatic rings. The highest BCUT2D eigenvalue weighted by Crippen LogP contribution is 2.23. The Balaban J connectivity index is 1.64. The predicted molar refractivity (Wildman–Crippen MR) is 84.8 cm³/mol. The Hall–Kier alpha value is -2.48. The Morgan fingerprint density at radius 3 is 2.48 bits per heavy atom. The molecule has 0 aliphatic carbocycles. The first-order valence-electron chi connectivity index (χ1n) is 7.44. The van der Waals surface area contributed by atoms with Crippen LogP contribution < -0.4 is 5.32 Å². The van der Waals surface area contributed by atoms with Crippen LogP contribution in [-0.4, -0.2) is 34.8 Å². The van der Waals surface area contributed by atoms with E-state index >= 15 is 0 Å². The van der Waals surface area contributed by atoms with Crippen molar-refractivity contribution < 1.29 is 22.8 Å². The third kappa shape index (κ3) is 3.63. The minimum atomic E-state index is -1.60. The number of H-pyrrole nitrogens is 1. The van der Waals surface area contributed by atoms with E-state index in [9.17, 15) is 22.8 Å². The van der Waals surface area contributed by atoms with Crippen molar-refractivity contribution in [3.63, 3.8) is 0 Å². The predicted octanol–water partition coefficient (Wildman–Crippen LogP) is 3.19. The van der Waals surface area contributed by atoms with Crippen LogP contribution in [0.25, 0.3) is 0 Å². The second-order valence-corrected chi connectivity index (χ2v) is 6.11. The van der Waals surface area contributed by atoms with Crippen LogP contribution in [0.5, 0.6) is 0 Å². The summed E-state index contributed by atoms with van der Waals surface area (Å²) in [6, 6.07) is 4.50. The number of halogens is 4. The molecule has 0 saturated carbocycles. The number of carbonyl (C=O) groups excluding carboxylic acids is 2. The smallest absolute Gasteiger partial charge is 0.270 e. The lowest BCUT2D eigenvalue weighted by atomic mass is 10.1. The number of hydrogen-bond acceptors (Lipinski definition) is 2. The highest BCUT2D eigenvalue weighted by molar-refractivity contribution is 6.29. The van der Waals surface area contributed by atoms with Crippen molar-refractivity contribution in [3.8, 4) is 0 Å². The van der Waals surface area contributed by atoms with Gasteiger partial charge in [0.05, 0.1) is 5.92 Å². The van der Waals surface area contributed by atoms with Crippen LogP contribution in [0.1, 0.15) is 16.9 Å². The number of nitrogens with zero attached hydrogens (tertiary/aromatic N) is 1. The number of aromatic nitrogens is 1. The highest BCUT2D eigenvalue weighted by Gasteiger charge is 2.32. The molecule has 0 radical (unpaired) electrons. The quantitative estimate of drug-likeness (QED) is 0.814. The van der Waals surface area contributed by atoms with E-state index in [4.69, 9.17) is 11.6 Å². The zero-order valence-electron chi connectivity index (χ0n) is 12.8. The Morgan fingerprint density at radius 1 is 1.20 bits per heavy atom. The number of likely N-dealkylation sites (tertiary alicyclic amines) is 1. The molecule has 1 aliphatic rings. The fourth-order valence-electron chi connectivity index (χ4n) is 2.69. The monoisotopic (exact) mass is 371 g/mol. The number of benzene rings is 1. The first-order valence-corrected chi connectivity index (χ1v) is 7.82. The molecule has 25 heavy (non-hydrogen) atoms. The number of anilines is 1. The fraction of sp³-hybridized carbons (Fsp3) is 0.250. The molecule has 5 nitrogen and oxygen atoms in total. The molecular formula is C16H13ClF3N3O2. The van der Waals surface area contributed by atoms with E-state index in [-0.39, 0.29) is 18.1 Å². The summed E-state index contributed by atoms with van der Waals surface area (Å²) in [5.74, 6) is -5.69. The van der Waals surface area contributed by atoms with E-state index in [1.54, 1.807) is 12.1 Å². The number of rotatable bonds is 3. The molecule has 2 amide bonds. The topological polar surface area (TPSA) is 65.2 Å². The highest BCUT2D eigenvalue weighted by atomic mass is 35.5. The van der Waals surface area contributed by atoms with Gasteiger partial charge in [0.2, 0.25) is 5.91 Å². The van der Waals surface area contributed by atoms with Gasteiger partial charge in [0.25, 0.3) is 5.91 Å². The molecule has 1 aromatic carbocycles. The van der Waals surface area contributed by atoms with Gasteiger partial charge in [-0.05, 0) is 18.6 Å². The summed E-state index contributed by atoms with van der Waals surface area (Å²) < 4.78 is 39.3. The summed E-state index contributed by atoms with van der Waals surface area (Å²) in [6.45, 7) is 0.521. The third-order valence-corrected chi connectivity index (χ3v) is 4.20. The number of aromatic amines is 1. The zero-order valence-corrected chi connectivity index (χ0v) is 13.5. The number of carbonyl (C=O) groups is 2. The molecule has 1 atom stereocenters. The Kier molecular flexibility index (Phi) is 4.71. The molecule has 0 spiro atoms. The van der Waals surface area contributed by atoms with Gasteiger partial charge in [0.1, 0.15) is 10.8 Å². The van der Waals surface area contributed by atoms with Crippen LogP contribution in [-0.2, 0) is 4.79 Å². The largest absolute Gasteiger partial charge is 0.342 e. The van der Waals surface area contributed by atoms with Gasteiger partial charge in [0, 0.05) is 30.9 Å². The van der Waals surface area contributed by atoms with Crippen LogP contribution in [0.2, 0.25) is 5.15 Å². The molecule has 0 unspecified atom stereocenters. The van der Waals surface area contributed by atoms with Gasteiger partial charge < -0.3 is 15.2 Å². The molecule has 1 aliphatic heterocycles. The molecule has 9 heteroatoms. The van der Waals surface area contributed by atoms with Crippen molar-refractivity contribution in [1.82, 2.24) is 9.88 Å². The van der Waals surface area contributed by atoms with Crippen LogP contribution >= 0.6 is 11.6 Å². The van der Waals surface area contributed by atoms with Crippen LogP contribution in [0.3, 0.4) is 0 Å². The lowest BCUT2D eigenvalue weighted by Gasteiger charge is -2.15.